The largest absolute Gasteiger partial charge is 0.339 e. The first-order valence-corrected chi connectivity index (χ1v) is 26.0. The lowest BCUT2D eigenvalue weighted by Crippen LogP contribution is -2.73. The number of nitrogens with zero attached hydrogens (tertiary/aromatic N) is 4. The van der Waals surface area contributed by atoms with Crippen molar-refractivity contribution in [2.75, 3.05) is 39.3 Å². The van der Waals surface area contributed by atoms with Crippen LogP contribution in [0.2, 0.25) is 17.0 Å². The van der Waals surface area contributed by atoms with Gasteiger partial charge in [0.25, 0.3) is 0 Å². The third kappa shape index (κ3) is 15.1. The summed E-state index contributed by atoms with van der Waals surface area (Å²) in [4.78, 5) is 0. The SMILES string of the molecule is CC(C)CN(CC(C)C)[SiH](C[SiH3])N([SiH](C[SiH3])N(CC(C)C)CC(C)C)[SiH](C[SiH3])N(CC(C)C)CC(C)C. The zero-order valence-electron chi connectivity index (χ0n) is 28.3. The van der Waals surface area contributed by atoms with Crippen LogP contribution >= 0.6 is 0 Å². The topological polar surface area (TPSA) is 13.0 Å². The van der Waals surface area contributed by atoms with Crippen molar-refractivity contribution in [1.82, 2.24) is 17.6 Å². The zero-order valence-corrected chi connectivity index (χ0v) is 37.8. The molecule has 0 rings (SSSR count). The average Bonchev–Trinajstić information content (AvgIpc) is 2.72. The van der Waals surface area contributed by atoms with Crippen molar-refractivity contribution in [3.63, 3.8) is 0 Å². The predicted molar refractivity (Wildman–Crippen MR) is 191 cm³/mol. The summed E-state index contributed by atoms with van der Waals surface area (Å²) in [6, 6.07) is 0. The number of rotatable bonds is 21. The lowest BCUT2D eigenvalue weighted by atomic mass is 10.2. The fourth-order valence-electron chi connectivity index (χ4n) is 6.34. The highest BCUT2D eigenvalue weighted by Crippen LogP contribution is 2.23. The fourth-order valence-corrected chi connectivity index (χ4v) is 42.3. The van der Waals surface area contributed by atoms with Crippen LogP contribution in [0.1, 0.15) is 83.1 Å². The van der Waals surface area contributed by atoms with E-state index in [9.17, 15) is 0 Å². The van der Waals surface area contributed by atoms with E-state index in [4.69, 9.17) is 0 Å². The molecule has 0 aliphatic carbocycles. The van der Waals surface area contributed by atoms with Gasteiger partial charge in [0.2, 0.25) is 0 Å². The normalized spacial score (nSPS) is 16.1. The van der Waals surface area contributed by atoms with Gasteiger partial charge >= 0.3 is 0 Å². The molecule has 0 bridgehead atoms. The van der Waals surface area contributed by atoms with Crippen LogP contribution < -0.4 is 0 Å². The van der Waals surface area contributed by atoms with Gasteiger partial charge in [-0.3, -0.25) is 0 Å². The Morgan fingerprint density at radius 2 is 0.541 bits per heavy atom. The number of hydrogen-bond donors (Lipinski definition) is 0. The Hall–Kier alpha value is 1.14. The molecule has 0 fully saturated rings. The van der Waals surface area contributed by atoms with E-state index in [0.29, 0.717) is 0 Å². The molecule has 0 N–H and O–H groups in total. The molecule has 3 unspecified atom stereocenters. The van der Waals surface area contributed by atoms with E-state index in [1.54, 1.807) is 17.0 Å². The van der Waals surface area contributed by atoms with Crippen molar-refractivity contribution in [1.29, 1.82) is 0 Å². The second-order valence-corrected chi connectivity index (χ2v) is 32.8. The fraction of sp³-hybridized carbons (Fsp3) is 1.00. The zero-order chi connectivity index (χ0) is 28.9. The molecule has 224 valence electrons. The van der Waals surface area contributed by atoms with Gasteiger partial charge in [0.1, 0.15) is 0 Å². The van der Waals surface area contributed by atoms with E-state index in [2.05, 4.69) is 101 Å². The van der Waals surface area contributed by atoms with Crippen molar-refractivity contribution >= 4 is 58.1 Å². The second-order valence-electron chi connectivity index (χ2n) is 14.3. The Balaban J connectivity index is 6.98. The van der Waals surface area contributed by atoms with Crippen LogP contribution in [0.5, 0.6) is 0 Å². The molecule has 0 heterocycles. The first-order valence-electron chi connectivity index (χ1n) is 16.2. The summed E-state index contributed by atoms with van der Waals surface area (Å²) in [5.41, 5.74) is 4.64. The van der Waals surface area contributed by atoms with E-state index in [1.807, 2.05) is 0 Å². The van der Waals surface area contributed by atoms with Crippen molar-refractivity contribution in [2.24, 2.45) is 35.5 Å². The molecule has 0 aliphatic heterocycles. The molecule has 4 nitrogen and oxygen atoms in total. The van der Waals surface area contributed by atoms with Crippen molar-refractivity contribution in [3.05, 3.63) is 0 Å². The molecular formula is C27H72N4Si6. The predicted octanol–water partition coefficient (Wildman–Crippen LogP) is 1.76. The van der Waals surface area contributed by atoms with Gasteiger partial charge in [0.05, 0.1) is 0 Å². The van der Waals surface area contributed by atoms with Crippen LogP contribution in [0.25, 0.3) is 0 Å². The molecule has 10 heteroatoms. The first-order chi connectivity index (χ1) is 17.2. The monoisotopic (exact) mass is 620 g/mol. The quantitative estimate of drug-likeness (QED) is 0.181. The highest BCUT2D eigenvalue weighted by atomic mass is 28.4. The lowest BCUT2D eigenvalue weighted by molar-refractivity contribution is 0.297. The van der Waals surface area contributed by atoms with E-state index >= 15 is 0 Å². The van der Waals surface area contributed by atoms with E-state index in [0.717, 1.165) is 35.5 Å². The van der Waals surface area contributed by atoms with Crippen molar-refractivity contribution in [3.8, 4) is 0 Å². The van der Waals surface area contributed by atoms with Crippen molar-refractivity contribution < 1.29 is 0 Å². The Morgan fingerprint density at radius 3 is 0.649 bits per heavy atom. The molecule has 0 saturated heterocycles. The third-order valence-electron chi connectivity index (χ3n) is 6.99. The van der Waals surface area contributed by atoms with Gasteiger partial charge in [-0.1, -0.05) is 83.1 Å². The maximum absolute atomic E-state index is 3.54. The highest BCUT2D eigenvalue weighted by molar-refractivity contribution is 6.88. The van der Waals surface area contributed by atoms with Gasteiger partial charge < -0.3 is 17.6 Å². The van der Waals surface area contributed by atoms with Gasteiger partial charge in [0.15, 0.2) is 27.4 Å². The maximum atomic E-state index is 3.54. The van der Waals surface area contributed by atoms with Gasteiger partial charge in [-0.05, 0) is 91.8 Å². The lowest BCUT2D eigenvalue weighted by Gasteiger charge is -2.53. The molecule has 0 aromatic carbocycles. The van der Waals surface area contributed by atoms with Crippen LogP contribution in [0.4, 0.5) is 0 Å². The van der Waals surface area contributed by atoms with Crippen molar-refractivity contribution in [2.45, 2.75) is 100 Å². The molecule has 3 atom stereocenters. The van der Waals surface area contributed by atoms with Crippen LogP contribution in [0.15, 0.2) is 0 Å². The highest BCUT2D eigenvalue weighted by Gasteiger charge is 2.41. The van der Waals surface area contributed by atoms with E-state index < -0.39 is 27.4 Å². The Labute approximate surface area is 249 Å². The smallest absolute Gasteiger partial charge is 0.174 e. The van der Waals surface area contributed by atoms with E-state index in [1.165, 1.54) is 70.0 Å². The summed E-state index contributed by atoms with van der Waals surface area (Å²) in [5.74, 6) is 4.59. The first kappa shape index (κ1) is 38.1. The molecule has 0 aliphatic rings. The minimum Gasteiger partial charge on any atom is -0.339 e. The summed E-state index contributed by atoms with van der Waals surface area (Å²) in [7, 11) is 0.515. The van der Waals surface area contributed by atoms with Crippen LogP contribution in [0.3, 0.4) is 0 Å². The summed E-state index contributed by atoms with van der Waals surface area (Å²) < 4.78 is 12.9. The van der Waals surface area contributed by atoms with Gasteiger partial charge in [0, 0.05) is 30.7 Å². The summed E-state index contributed by atoms with van der Waals surface area (Å²) in [5, 5.41) is 0. The summed E-state index contributed by atoms with van der Waals surface area (Å²) in [6.07, 6.45) is 0. The molecule has 0 radical (unpaired) electrons. The maximum Gasteiger partial charge on any atom is 0.174 e. The Bertz CT molecular complexity index is 459. The third-order valence-corrected chi connectivity index (χ3v) is 27.8. The summed E-state index contributed by atoms with van der Waals surface area (Å²) in [6.45, 7) is 37.5. The molecule has 0 amide bonds. The standard InChI is InChI=1S/C27H72N4Si6/c1-22(2)13-28(14-23(3)4)35(19-32)31(36(20-33)29(15-24(5)6)16-25(7)8)37(21-34)30(17-26(9)10)18-27(11)12/h22-27,35-37H,13-21H2,1-12,32-34H3. The van der Waals surface area contributed by atoms with Crippen LogP contribution in [0, 0.1) is 35.5 Å². The van der Waals surface area contributed by atoms with Crippen LogP contribution in [-0.2, 0) is 0 Å². The average molecular weight is 621 g/mol. The van der Waals surface area contributed by atoms with E-state index in [-0.39, 0.29) is 0 Å². The summed E-state index contributed by atoms with van der Waals surface area (Å²) >= 11 is 0. The molecular weight excluding hydrogens is 549 g/mol. The molecule has 0 saturated carbocycles. The Kier molecular flexibility index (Phi) is 20.7. The minimum absolute atomic E-state index is 0.765. The number of hydrogen-bond acceptors (Lipinski definition) is 4. The minimum atomic E-state index is -1.19. The van der Waals surface area contributed by atoms with Gasteiger partial charge in [-0.2, -0.15) is 0 Å². The molecule has 37 heavy (non-hydrogen) atoms. The van der Waals surface area contributed by atoms with Crippen LogP contribution in [-0.4, -0.2) is 115 Å². The molecule has 0 spiro atoms. The van der Waals surface area contributed by atoms with Gasteiger partial charge in [-0.25, -0.2) is 0 Å². The molecule has 0 aromatic rings. The second kappa shape index (κ2) is 20.1. The van der Waals surface area contributed by atoms with Gasteiger partial charge in [-0.15, -0.1) is 0 Å². The molecule has 0 aromatic heterocycles. The Morgan fingerprint density at radius 1 is 0.378 bits per heavy atom.